The number of piperazine rings is 1. The average Bonchev–Trinajstić information content (AvgIpc) is 2.97. The minimum Gasteiger partial charge on any atom is -0.314 e. The van der Waals surface area contributed by atoms with Crippen LogP contribution in [0.1, 0.15) is 13.8 Å². The maximum Gasteiger partial charge on any atom is 0.269 e. The zero-order chi connectivity index (χ0) is 19.4. The van der Waals surface area contributed by atoms with Crippen LogP contribution < -0.4 is 10.3 Å². The largest absolute Gasteiger partial charge is 0.314 e. The molecule has 0 saturated carbocycles. The molecule has 0 aromatic heterocycles. The Hall–Kier alpha value is -2.65. The SMILES string of the molecule is CC(=NCCN1CCNCC1)[C@@H]1C(=O)N(c2ccc([N+](=O)[O-])cc2)N=C1C. The highest BCUT2D eigenvalue weighted by Gasteiger charge is 2.36. The number of nitro groups is 1. The van der Waals surface area contributed by atoms with Crippen molar-refractivity contribution in [1.82, 2.24) is 10.2 Å². The molecule has 1 amide bonds. The van der Waals surface area contributed by atoms with Crippen LogP contribution in [0.4, 0.5) is 11.4 Å². The molecule has 0 bridgehead atoms. The Morgan fingerprint density at radius 3 is 2.63 bits per heavy atom. The van der Waals surface area contributed by atoms with Gasteiger partial charge in [-0.25, -0.2) is 0 Å². The molecule has 1 aromatic carbocycles. The highest BCUT2D eigenvalue weighted by molar-refractivity contribution is 6.27. The van der Waals surface area contributed by atoms with E-state index in [4.69, 9.17) is 0 Å². The molecular formula is C18H24N6O3. The fraction of sp³-hybridized carbons (Fsp3) is 0.500. The lowest BCUT2D eigenvalue weighted by molar-refractivity contribution is -0.384. The molecule has 27 heavy (non-hydrogen) atoms. The molecule has 0 radical (unpaired) electrons. The van der Waals surface area contributed by atoms with Crippen molar-refractivity contribution in [1.29, 1.82) is 0 Å². The van der Waals surface area contributed by atoms with Crippen LogP contribution in [0.2, 0.25) is 0 Å². The van der Waals surface area contributed by atoms with E-state index < -0.39 is 10.8 Å². The minimum absolute atomic E-state index is 0.0201. The topological polar surface area (TPSA) is 103 Å². The highest BCUT2D eigenvalue weighted by atomic mass is 16.6. The summed E-state index contributed by atoms with van der Waals surface area (Å²) in [6.45, 7) is 9.24. The van der Waals surface area contributed by atoms with E-state index in [-0.39, 0.29) is 11.6 Å². The van der Waals surface area contributed by atoms with Crippen molar-refractivity contribution < 1.29 is 9.72 Å². The van der Waals surface area contributed by atoms with Crippen LogP contribution >= 0.6 is 0 Å². The van der Waals surface area contributed by atoms with E-state index in [1.165, 1.54) is 29.3 Å². The number of aliphatic imine (C=N–C) groups is 1. The van der Waals surface area contributed by atoms with Gasteiger partial charge in [-0.1, -0.05) is 0 Å². The van der Waals surface area contributed by atoms with Crippen LogP contribution in [0.5, 0.6) is 0 Å². The van der Waals surface area contributed by atoms with Gasteiger partial charge < -0.3 is 5.32 Å². The number of amides is 1. The number of nitro benzene ring substituents is 1. The van der Waals surface area contributed by atoms with Crippen LogP contribution in [-0.2, 0) is 4.79 Å². The van der Waals surface area contributed by atoms with Gasteiger partial charge in [-0.3, -0.25) is 24.8 Å². The number of nitrogens with one attached hydrogen (secondary N) is 1. The number of anilines is 1. The van der Waals surface area contributed by atoms with E-state index in [0.717, 1.165) is 38.4 Å². The summed E-state index contributed by atoms with van der Waals surface area (Å²) in [4.78, 5) is 30.1. The molecule has 0 unspecified atom stereocenters. The summed E-state index contributed by atoms with van der Waals surface area (Å²) in [6, 6.07) is 5.81. The summed E-state index contributed by atoms with van der Waals surface area (Å²) >= 11 is 0. The van der Waals surface area contributed by atoms with Crippen molar-refractivity contribution in [3.63, 3.8) is 0 Å². The monoisotopic (exact) mass is 372 g/mol. The van der Waals surface area contributed by atoms with Crippen LogP contribution in [-0.4, -0.2) is 66.4 Å². The third kappa shape index (κ3) is 4.37. The van der Waals surface area contributed by atoms with Crippen LogP contribution in [0.25, 0.3) is 0 Å². The zero-order valence-corrected chi connectivity index (χ0v) is 15.6. The third-order valence-electron chi connectivity index (χ3n) is 4.84. The number of benzene rings is 1. The molecule has 2 aliphatic heterocycles. The fourth-order valence-corrected chi connectivity index (χ4v) is 3.34. The number of non-ortho nitro benzene ring substituents is 1. The number of hydrogen-bond donors (Lipinski definition) is 1. The molecule has 0 aliphatic carbocycles. The Kier molecular flexibility index (Phi) is 5.92. The highest BCUT2D eigenvalue weighted by Crippen LogP contribution is 2.26. The van der Waals surface area contributed by atoms with Crippen molar-refractivity contribution in [2.45, 2.75) is 13.8 Å². The fourth-order valence-electron chi connectivity index (χ4n) is 3.34. The molecule has 1 fully saturated rings. The van der Waals surface area contributed by atoms with E-state index in [9.17, 15) is 14.9 Å². The summed E-state index contributed by atoms with van der Waals surface area (Å²) in [6.07, 6.45) is 0. The van der Waals surface area contributed by atoms with Gasteiger partial charge in [-0.15, -0.1) is 0 Å². The zero-order valence-electron chi connectivity index (χ0n) is 15.6. The molecule has 1 N–H and O–H groups in total. The Labute approximate surface area is 157 Å². The first kappa shape index (κ1) is 19.1. The molecule has 9 nitrogen and oxygen atoms in total. The summed E-state index contributed by atoms with van der Waals surface area (Å²) in [5.41, 5.74) is 1.93. The van der Waals surface area contributed by atoms with Gasteiger partial charge in [-0.2, -0.15) is 10.1 Å². The maximum absolute atomic E-state index is 12.8. The summed E-state index contributed by atoms with van der Waals surface area (Å²) in [5.74, 6) is -0.645. The van der Waals surface area contributed by atoms with Crippen molar-refractivity contribution >= 4 is 28.7 Å². The smallest absolute Gasteiger partial charge is 0.269 e. The number of nitrogens with zero attached hydrogens (tertiary/aromatic N) is 5. The molecule has 2 heterocycles. The molecule has 9 heteroatoms. The average molecular weight is 372 g/mol. The Morgan fingerprint density at radius 2 is 2.00 bits per heavy atom. The van der Waals surface area contributed by atoms with Gasteiger partial charge in [0.25, 0.3) is 11.6 Å². The number of carbonyl (C=O) groups is 1. The second-order valence-electron chi connectivity index (χ2n) is 6.71. The van der Waals surface area contributed by atoms with Crippen molar-refractivity contribution in [2.75, 3.05) is 44.3 Å². The molecular weight excluding hydrogens is 348 g/mol. The quantitative estimate of drug-likeness (QED) is 0.460. The lowest BCUT2D eigenvalue weighted by atomic mass is 9.99. The number of rotatable bonds is 6. The van der Waals surface area contributed by atoms with Crippen molar-refractivity contribution in [2.24, 2.45) is 16.0 Å². The molecule has 2 aliphatic rings. The van der Waals surface area contributed by atoms with Gasteiger partial charge in [0.2, 0.25) is 0 Å². The molecule has 1 saturated heterocycles. The Bertz CT molecular complexity index is 768. The predicted molar refractivity (Wildman–Crippen MR) is 104 cm³/mol. The van der Waals surface area contributed by atoms with Gasteiger partial charge in [0, 0.05) is 50.6 Å². The van der Waals surface area contributed by atoms with Gasteiger partial charge in [-0.05, 0) is 26.0 Å². The number of hydrazone groups is 1. The first-order valence-corrected chi connectivity index (χ1v) is 9.05. The summed E-state index contributed by atoms with van der Waals surface area (Å²) in [5, 5.41) is 19.8. The van der Waals surface area contributed by atoms with E-state index in [0.29, 0.717) is 17.9 Å². The lowest BCUT2D eigenvalue weighted by Gasteiger charge is -2.26. The van der Waals surface area contributed by atoms with Crippen LogP contribution in [0.3, 0.4) is 0 Å². The third-order valence-corrected chi connectivity index (χ3v) is 4.84. The first-order valence-electron chi connectivity index (χ1n) is 9.05. The van der Waals surface area contributed by atoms with Crippen molar-refractivity contribution in [3.05, 3.63) is 34.4 Å². The second-order valence-corrected chi connectivity index (χ2v) is 6.71. The van der Waals surface area contributed by atoms with Gasteiger partial charge in [0.1, 0.15) is 5.92 Å². The summed E-state index contributed by atoms with van der Waals surface area (Å²) < 4.78 is 0. The molecule has 144 valence electrons. The Morgan fingerprint density at radius 1 is 1.33 bits per heavy atom. The van der Waals surface area contributed by atoms with E-state index in [2.05, 4.69) is 20.3 Å². The molecule has 1 atom stereocenters. The standard InChI is InChI=1S/C18H24N6O3/c1-13(20-9-12-22-10-7-19-8-11-22)17-14(2)21-23(18(17)25)15-3-5-16(6-4-15)24(26)27/h3-6,17,19H,7-12H2,1-2H3/t17-/m0/s1. The normalized spacial score (nSPS) is 21.5. The number of hydrogen-bond acceptors (Lipinski definition) is 7. The van der Waals surface area contributed by atoms with Crippen LogP contribution in [0, 0.1) is 16.0 Å². The van der Waals surface area contributed by atoms with Gasteiger partial charge >= 0.3 is 0 Å². The van der Waals surface area contributed by atoms with E-state index >= 15 is 0 Å². The van der Waals surface area contributed by atoms with Gasteiger partial charge in [0.05, 0.1) is 22.9 Å². The predicted octanol–water partition coefficient (Wildman–Crippen LogP) is 1.30. The maximum atomic E-state index is 12.8. The molecule has 3 rings (SSSR count). The summed E-state index contributed by atoms with van der Waals surface area (Å²) in [7, 11) is 0. The van der Waals surface area contributed by atoms with E-state index in [1.807, 2.05) is 13.8 Å². The lowest BCUT2D eigenvalue weighted by Crippen LogP contribution is -2.44. The Balaban J connectivity index is 1.64. The first-order chi connectivity index (χ1) is 13.0. The van der Waals surface area contributed by atoms with Gasteiger partial charge in [0.15, 0.2) is 0 Å². The van der Waals surface area contributed by atoms with E-state index in [1.54, 1.807) is 0 Å². The second kappa shape index (κ2) is 8.36. The molecule has 0 spiro atoms. The minimum atomic E-state index is -0.470. The molecule has 1 aromatic rings. The number of carbonyl (C=O) groups excluding carboxylic acids is 1. The van der Waals surface area contributed by atoms with Crippen molar-refractivity contribution in [3.8, 4) is 0 Å². The van der Waals surface area contributed by atoms with Crippen LogP contribution in [0.15, 0.2) is 34.4 Å².